The van der Waals surface area contributed by atoms with E-state index in [1.165, 1.54) is 24.3 Å². The van der Waals surface area contributed by atoms with Gasteiger partial charge in [-0.05, 0) is 24.3 Å². The maximum absolute atomic E-state index is 12.0. The highest BCUT2D eigenvalue weighted by Crippen LogP contribution is 2.20. The van der Waals surface area contributed by atoms with Gasteiger partial charge in [0.05, 0.1) is 13.2 Å². The first-order chi connectivity index (χ1) is 9.94. The van der Waals surface area contributed by atoms with E-state index in [0.717, 1.165) is 0 Å². The van der Waals surface area contributed by atoms with Crippen LogP contribution in [0.4, 0.5) is 18.9 Å². The van der Waals surface area contributed by atoms with Crippen LogP contribution in [-0.4, -0.2) is 44.5 Å². The van der Waals surface area contributed by atoms with E-state index in [1.54, 1.807) is 0 Å². The number of ether oxygens (including phenoxy) is 2. The summed E-state index contributed by atoms with van der Waals surface area (Å²) in [4.78, 5) is 11.9. The van der Waals surface area contributed by atoms with Crippen LogP contribution >= 0.6 is 12.4 Å². The number of rotatable bonds is 4. The van der Waals surface area contributed by atoms with E-state index in [0.29, 0.717) is 25.4 Å². The van der Waals surface area contributed by atoms with Gasteiger partial charge in [-0.1, -0.05) is 0 Å². The van der Waals surface area contributed by atoms with Gasteiger partial charge in [0.1, 0.15) is 11.8 Å². The third-order valence-corrected chi connectivity index (χ3v) is 2.76. The Labute approximate surface area is 131 Å². The lowest BCUT2D eigenvalue weighted by Crippen LogP contribution is -2.48. The van der Waals surface area contributed by atoms with Gasteiger partial charge in [-0.15, -0.1) is 12.4 Å². The first-order valence-electron chi connectivity index (χ1n) is 6.36. The molecule has 0 saturated carbocycles. The summed E-state index contributed by atoms with van der Waals surface area (Å²) < 4.78 is 45.7. The van der Waals surface area contributed by atoms with Gasteiger partial charge in [0, 0.05) is 12.2 Å². The average molecular weight is 341 g/mol. The van der Waals surface area contributed by atoms with Gasteiger partial charge in [-0.25, -0.2) is 0 Å². The minimum Gasteiger partial charge on any atom is -0.484 e. The first-order valence-corrected chi connectivity index (χ1v) is 6.36. The fraction of sp³-hybridized carbons (Fsp3) is 0.462. The van der Waals surface area contributed by atoms with Crippen molar-refractivity contribution in [2.24, 2.45) is 0 Å². The van der Waals surface area contributed by atoms with Crippen LogP contribution in [-0.2, 0) is 9.53 Å². The highest BCUT2D eigenvalue weighted by atomic mass is 35.5. The van der Waals surface area contributed by atoms with Crippen molar-refractivity contribution in [3.63, 3.8) is 0 Å². The predicted molar refractivity (Wildman–Crippen MR) is 76.5 cm³/mol. The summed E-state index contributed by atoms with van der Waals surface area (Å²) in [6.45, 7) is 0.109. The van der Waals surface area contributed by atoms with Crippen molar-refractivity contribution in [2.45, 2.75) is 12.2 Å². The summed E-state index contributed by atoms with van der Waals surface area (Å²) >= 11 is 0. The van der Waals surface area contributed by atoms with Crippen LogP contribution in [0.15, 0.2) is 24.3 Å². The van der Waals surface area contributed by atoms with Crippen LogP contribution < -0.4 is 15.4 Å². The van der Waals surface area contributed by atoms with Crippen molar-refractivity contribution in [3.8, 4) is 5.75 Å². The number of benzene rings is 1. The normalized spacial score (nSPS) is 18.2. The number of carbonyl (C=O) groups is 1. The molecule has 1 atom stereocenters. The molecule has 9 heteroatoms. The molecule has 1 saturated heterocycles. The molecule has 0 aliphatic carbocycles. The number of amides is 1. The number of alkyl halides is 3. The van der Waals surface area contributed by atoms with Gasteiger partial charge in [-0.3, -0.25) is 4.79 Å². The molecular weight excluding hydrogens is 325 g/mol. The topological polar surface area (TPSA) is 59.6 Å². The number of halogens is 4. The quantitative estimate of drug-likeness (QED) is 0.880. The molecule has 1 aliphatic rings. The second kappa shape index (κ2) is 8.21. The fourth-order valence-electron chi connectivity index (χ4n) is 1.76. The molecule has 1 aliphatic heterocycles. The number of carbonyl (C=O) groups excluding carboxylic acids is 1. The maximum atomic E-state index is 12.0. The Morgan fingerprint density at radius 2 is 2.05 bits per heavy atom. The average Bonchev–Trinajstić information content (AvgIpc) is 2.46. The van der Waals surface area contributed by atoms with Crippen molar-refractivity contribution in [1.82, 2.24) is 5.32 Å². The molecule has 2 rings (SSSR count). The number of morpholine rings is 1. The SMILES string of the molecule is Cl.O=C(Nc1ccc(OCC(F)(F)F)cc1)C1COCCN1. The molecule has 0 aromatic heterocycles. The van der Waals surface area contributed by atoms with Crippen molar-refractivity contribution >= 4 is 24.0 Å². The number of anilines is 1. The van der Waals surface area contributed by atoms with E-state index >= 15 is 0 Å². The Hall–Kier alpha value is -1.51. The predicted octanol–water partition coefficient (Wildman–Crippen LogP) is 1.98. The van der Waals surface area contributed by atoms with Crippen LogP contribution in [0.1, 0.15) is 0 Å². The number of hydrogen-bond donors (Lipinski definition) is 2. The summed E-state index contributed by atoms with van der Waals surface area (Å²) in [6, 6.07) is 5.26. The molecule has 1 amide bonds. The van der Waals surface area contributed by atoms with Crippen molar-refractivity contribution in [2.75, 3.05) is 31.7 Å². The fourth-order valence-corrected chi connectivity index (χ4v) is 1.76. The Morgan fingerprint density at radius 1 is 1.36 bits per heavy atom. The molecule has 0 spiro atoms. The zero-order valence-electron chi connectivity index (χ0n) is 11.5. The van der Waals surface area contributed by atoms with E-state index < -0.39 is 18.8 Å². The van der Waals surface area contributed by atoms with Crippen LogP contribution in [0.3, 0.4) is 0 Å². The Kier molecular flexibility index (Phi) is 6.92. The van der Waals surface area contributed by atoms with Crippen LogP contribution in [0.5, 0.6) is 5.75 Å². The Morgan fingerprint density at radius 3 is 2.59 bits per heavy atom. The molecule has 2 N–H and O–H groups in total. The van der Waals surface area contributed by atoms with E-state index in [-0.39, 0.29) is 24.1 Å². The molecule has 0 radical (unpaired) electrons. The molecule has 22 heavy (non-hydrogen) atoms. The van der Waals surface area contributed by atoms with Crippen LogP contribution in [0.2, 0.25) is 0 Å². The summed E-state index contributed by atoms with van der Waals surface area (Å²) in [7, 11) is 0. The largest absolute Gasteiger partial charge is 0.484 e. The van der Waals surface area contributed by atoms with Crippen LogP contribution in [0.25, 0.3) is 0 Å². The summed E-state index contributed by atoms with van der Waals surface area (Å²) in [5.41, 5.74) is 0.478. The third-order valence-electron chi connectivity index (χ3n) is 2.76. The van der Waals surface area contributed by atoms with Gasteiger partial charge in [0.25, 0.3) is 0 Å². The molecule has 5 nitrogen and oxygen atoms in total. The van der Waals surface area contributed by atoms with Gasteiger partial charge in [0.2, 0.25) is 5.91 Å². The number of nitrogens with one attached hydrogen (secondary N) is 2. The van der Waals surface area contributed by atoms with E-state index in [9.17, 15) is 18.0 Å². The highest BCUT2D eigenvalue weighted by Gasteiger charge is 2.28. The van der Waals surface area contributed by atoms with Gasteiger partial charge in [-0.2, -0.15) is 13.2 Å². The summed E-state index contributed by atoms with van der Waals surface area (Å²) in [5.74, 6) is -0.164. The monoisotopic (exact) mass is 340 g/mol. The molecule has 1 unspecified atom stereocenters. The Bertz CT molecular complexity index is 476. The standard InChI is InChI=1S/C13H15F3N2O3.ClH/c14-13(15,16)8-21-10-3-1-9(2-4-10)18-12(19)11-7-20-6-5-17-11;/h1-4,11,17H,5-8H2,(H,18,19);1H. The molecule has 1 aromatic carbocycles. The molecule has 124 valence electrons. The number of hydrogen-bond acceptors (Lipinski definition) is 4. The minimum atomic E-state index is -4.38. The van der Waals surface area contributed by atoms with Crippen molar-refractivity contribution in [3.05, 3.63) is 24.3 Å². The van der Waals surface area contributed by atoms with Gasteiger partial charge >= 0.3 is 6.18 Å². The second-order valence-corrected chi connectivity index (χ2v) is 4.50. The molecule has 1 aromatic rings. The van der Waals surface area contributed by atoms with Crippen molar-refractivity contribution < 1.29 is 27.4 Å². The first kappa shape index (κ1) is 18.5. The lowest BCUT2D eigenvalue weighted by Gasteiger charge is -2.22. The molecule has 1 fully saturated rings. The zero-order chi connectivity index (χ0) is 15.3. The molecule has 0 bridgehead atoms. The zero-order valence-corrected chi connectivity index (χ0v) is 12.3. The summed E-state index contributed by atoms with van der Waals surface area (Å²) in [5, 5.41) is 5.65. The lowest BCUT2D eigenvalue weighted by atomic mass is 10.2. The maximum Gasteiger partial charge on any atom is 0.422 e. The third kappa shape index (κ3) is 6.08. The molecular formula is C13H16ClF3N2O3. The van der Waals surface area contributed by atoms with Crippen molar-refractivity contribution in [1.29, 1.82) is 0 Å². The van der Waals surface area contributed by atoms with Crippen LogP contribution in [0, 0.1) is 0 Å². The van der Waals surface area contributed by atoms with Gasteiger partial charge in [0.15, 0.2) is 6.61 Å². The summed E-state index contributed by atoms with van der Waals surface area (Å²) in [6.07, 6.45) is -4.38. The molecule has 1 heterocycles. The smallest absolute Gasteiger partial charge is 0.422 e. The lowest BCUT2D eigenvalue weighted by molar-refractivity contribution is -0.153. The van der Waals surface area contributed by atoms with E-state index in [1.807, 2.05) is 0 Å². The van der Waals surface area contributed by atoms with E-state index in [4.69, 9.17) is 4.74 Å². The minimum absolute atomic E-state index is 0. The second-order valence-electron chi connectivity index (χ2n) is 4.50. The Balaban J connectivity index is 0.00000242. The van der Waals surface area contributed by atoms with E-state index in [2.05, 4.69) is 15.4 Å². The van der Waals surface area contributed by atoms with Gasteiger partial charge < -0.3 is 20.1 Å². The highest BCUT2D eigenvalue weighted by molar-refractivity contribution is 5.95.